The van der Waals surface area contributed by atoms with E-state index in [0.717, 1.165) is 24.0 Å². The Morgan fingerprint density at radius 2 is 1.93 bits per heavy atom. The van der Waals surface area contributed by atoms with Crippen molar-refractivity contribution in [2.45, 2.75) is 39.2 Å². The molecule has 1 fully saturated rings. The maximum atomic E-state index is 13.4. The van der Waals surface area contributed by atoms with Crippen LogP contribution in [0, 0.1) is 13.8 Å². The van der Waals surface area contributed by atoms with Gasteiger partial charge in [0.25, 0.3) is 11.6 Å². The summed E-state index contributed by atoms with van der Waals surface area (Å²) in [6.07, 6.45) is 2.05. The van der Waals surface area contributed by atoms with Crippen LogP contribution in [0.15, 0.2) is 34.9 Å². The Bertz CT molecular complexity index is 1060. The van der Waals surface area contributed by atoms with Crippen molar-refractivity contribution in [3.63, 3.8) is 0 Å². The monoisotopic (exact) mass is 379 g/mol. The lowest BCUT2D eigenvalue weighted by Crippen LogP contribution is -2.48. The number of nitrogens with zero attached hydrogens (tertiary/aromatic N) is 3. The Labute approximate surface area is 162 Å². The van der Waals surface area contributed by atoms with Crippen molar-refractivity contribution in [3.05, 3.63) is 47.2 Å². The number of aliphatic carboxylic acids is 1. The third-order valence-corrected chi connectivity index (χ3v) is 5.24. The molecule has 1 aliphatic heterocycles. The van der Waals surface area contributed by atoms with Gasteiger partial charge >= 0.3 is 5.97 Å². The molecule has 3 aromatic rings. The predicted octanol–water partition coefficient (Wildman–Crippen LogP) is 3.59. The molecule has 0 radical (unpaired) electrons. The van der Waals surface area contributed by atoms with Crippen LogP contribution in [0.3, 0.4) is 0 Å². The van der Waals surface area contributed by atoms with E-state index in [0.29, 0.717) is 35.3 Å². The van der Waals surface area contributed by atoms with Gasteiger partial charge in [-0.25, -0.2) is 9.78 Å². The summed E-state index contributed by atoms with van der Waals surface area (Å²) < 4.78 is 5.34. The maximum absolute atomic E-state index is 13.4. The van der Waals surface area contributed by atoms with Crippen molar-refractivity contribution in [1.29, 1.82) is 0 Å². The first kappa shape index (κ1) is 18.2. The molecule has 1 amide bonds. The fraction of sp³-hybridized carbons (Fsp3) is 0.333. The molecule has 1 unspecified atom stereocenters. The van der Waals surface area contributed by atoms with Gasteiger partial charge in [-0.2, -0.15) is 0 Å². The van der Waals surface area contributed by atoms with Gasteiger partial charge in [0.05, 0.1) is 22.3 Å². The zero-order valence-corrected chi connectivity index (χ0v) is 15.8. The molecular weight excluding hydrogens is 358 g/mol. The highest BCUT2D eigenvalue weighted by molar-refractivity contribution is 6.08. The zero-order chi connectivity index (χ0) is 19.8. The molecule has 0 bridgehead atoms. The minimum Gasteiger partial charge on any atom is -0.480 e. The van der Waals surface area contributed by atoms with Crippen LogP contribution in [0.5, 0.6) is 0 Å². The number of hydrogen-bond acceptors (Lipinski definition) is 5. The predicted molar refractivity (Wildman–Crippen MR) is 103 cm³/mol. The lowest BCUT2D eigenvalue weighted by molar-refractivity contribution is -0.143. The van der Waals surface area contributed by atoms with Gasteiger partial charge in [-0.15, -0.1) is 0 Å². The first-order valence-corrected chi connectivity index (χ1v) is 9.33. The van der Waals surface area contributed by atoms with E-state index in [9.17, 15) is 14.7 Å². The zero-order valence-electron chi connectivity index (χ0n) is 15.8. The minimum atomic E-state index is -0.973. The molecule has 4 rings (SSSR count). The van der Waals surface area contributed by atoms with Crippen molar-refractivity contribution in [1.82, 2.24) is 15.0 Å². The molecule has 3 heterocycles. The van der Waals surface area contributed by atoms with E-state index in [1.807, 2.05) is 31.2 Å². The number of hydrogen-bond donors (Lipinski definition) is 1. The molecule has 28 heavy (non-hydrogen) atoms. The van der Waals surface area contributed by atoms with Gasteiger partial charge < -0.3 is 14.5 Å². The van der Waals surface area contributed by atoms with Gasteiger partial charge in [-0.05, 0) is 39.2 Å². The summed E-state index contributed by atoms with van der Waals surface area (Å²) in [5.41, 5.74) is 3.79. The summed E-state index contributed by atoms with van der Waals surface area (Å²) in [5, 5.41) is 14.1. The van der Waals surface area contributed by atoms with E-state index >= 15 is 0 Å². The first-order chi connectivity index (χ1) is 13.5. The molecule has 0 spiro atoms. The maximum Gasteiger partial charge on any atom is 0.326 e. The third kappa shape index (κ3) is 3.13. The lowest BCUT2D eigenvalue weighted by Gasteiger charge is -2.33. The number of carbonyl (C=O) groups excluding carboxylic acids is 1. The number of aromatic nitrogens is 2. The van der Waals surface area contributed by atoms with Gasteiger partial charge in [0.2, 0.25) is 0 Å². The quantitative estimate of drug-likeness (QED) is 0.747. The number of pyridine rings is 1. The van der Waals surface area contributed by atoms with Crippen molar-refractivity contribution < 1.29 is 19.2 Å². The largest absolute Gasteiger partial charge is 0.480 e. The van der Waals surface area contributed by atoms with Crippen LogP contribution in [0.4, 0.5) is 0 Å². The minimum absolute atomic E-state index is 0.280. The second-order valence-corrected chi connectivity index (χ2v) is 7.22. The number of piperidine rings is 1. The molecule has 7 nitrogen and oxygen atoms in total. The highest BCUT2D eigenvalue weighted by Crippen LogP contribution is 2.30. The highest BCUT2D eigenvalue weighted by Gasteiger charge is 2.34. The summed E-state index contributed by atoms with van der Waals surface area (Å²) in [6, 6.07) is 8.71. The Morgan fingerprint density at radius 1 is 1.18 bits per heavy atom. The van der Waals surface area contributed by atoms with Gasteiger partial charge in [-0.1, -0.05) is 35.0 Å². The SMILES string of the molecule is Cc1ccc(-c2cc(C(=O)N3CCCCC3C(=O)O)c3c(C)noc3n2)cc1. The normalized spacial score (nSPS) is 17.1. The van der Waals surface area contributed by atoms with Crippen molar-refractivity contribution >= 4 is 23.0 Å². The molecular formula is C21H21N3O4. The van der Waals surface area contributed by atoms with Crippen molar-refractivity contribution in [2.24, 2.45) is 0 Å². The van der Waals surface area contributed by atoms with Crippen LogP contribution in [-0.4, -0.2) is 44.6 Å². The molecule has 1 aliphatic rings. The van der Waals surface area contributed by atoms with Crippen LogP contribution in [0.25, 0.3) is 22.4 Å². The Hall–Kier alpha value is -3.22. The summed E-state index contributed by atoms with van der Waals surface area (Å²) in [6.45, 7) is 4.17. The molecule has 1 atom stereocenters. The molecule has 2 aromatic heterocycles. The van der Waals surface area contributed by atoms with E-state index in [4.69, 9.17) is 4.52 Å². The number of benzene rings is 1. The van der Waals surface area contributed by atoms with E-state index in [1.165, 1.54) is 4.90 Å². The average Bonchev–Trinajstić information content (AvgIpc) is 3.08. The van der Waals surface area contributed by atoms with Gasteiger partial charge in [0, 0.05) is 12.1 Å². The number of fused-ring (bicyclic) bond motifs is 1. The van der Waals surface area contributed by atoms with Crippen LogP contribution in [-0.2, 0) is 4.79 Å². The number of carbonyl (C=O) groups is 2. The van der Waals surface area contributed by atoms with Crippen LogP contribution < -0.4 is 0 Å². The van der Waals surface area contributed by atoms with Crippen LogP contribution in [0.1, 0.15) is 40.9 Å². The van der Waals surface area contributed by atoms with Gasteiger partial charge in [-0.3, -0.25) is 4.79 Å². The lowest BCUT2D eigenvalue weighted by atomic mass is 9.99. The highest BCUT2D eigenvalue weighted by atomic mass is 16.5. The molecule has 0 aliphatic carbocycles. The molecule has 7 heteroatoms. The van der Waals surface area contributed by atoms with E-state index < -0.39 is 12.0 Å². The topological polar surface area (TPSA) is 96.5 Å². The smallest absolute Gasteiger partial charge is 0.326 e. The van der Waals surface area contributed by atoms with Crippen molar-refractivity contribution in [3.8, 4) is 11.3 Å². The Kier molecular flexibility index (Phi) is 4.58. The second-order valence-electron chi connectivity index (χ2n) is 7.22. The summed E-state index contributed by atoms with van der Waals surface area (Å²) in [5.74, 6) is -1.29. The summed E-state index contributed by atoms with van der Waals surface area (Å²) >= 11 is 0. The second kappa shape index (κ2) is 7.07. The van der Waals surface area contributed by atoms with Crippen LogP contribution >= 0.6 is 0 Å². The summed E-state index contributed by atoms with van der Waals surface area (Å²) in [4.78, 5) is 31.0. The third-order valence-electron chi connectivity index (χ3n) is 5.24. The average molecular weight is 379 g/mol. The first-order valence-electron chi connectivity index (χ1n) is 9.33. The fourth-order valence-corrected chi connectivity index (χ4v) is 3.72. The standard InChI is InChI=1S/C21H21N3O4/c1-12-6-8-14(9-7-12)16-11-15(18-13(2)23-28-19(18)22-16)20(25)24-10-4-3-5-17(24)21(26)27/h6-9,11,17H,3-5,10H2,1-2H3,(H,26,27). The number of carboxylic acids is 1. The Balaban J connectivity index is 1.84. The van der Waals surface area contributed by atoms with Crippen LogP contribution in [0.2, 0.25) is 0 Å². The summed E-state index contributed by atoms with van der Waals surface area (Å²) in [7, 11) is 0. The number of likely N-dealkylation sites (tertiary alicyclic amines) is 1. The molecule has 0 saturated carbocycles. The van der Waals surface area contributed by atoms with Crippen molar-refractivity contribution in [2.75, 3.05) is 6.54 Å². The fourth-order valence-electron chi connectivity index (χ4n) is 3.72. The number of aryl methyl sites for hydroxylation is 2. The molecule has 1 N–H and O–H groups in total. The molecule has 144 valence electrons. The van der Waals surface area contributed by atoms with E-state index in [2.05, 4.69) is 10.1 Å². The Morgan fingerprint density at radius 3 is 2.64 bits per heavy atom. The molecule has 1 saturated heterocycles. The molecule has 1 aromatic carbocycles. The van der Waals surface area contributed by atoms with E-state index in [1.54, 1.807) is 13.0 Å². The van der Waals surface area contributed by atoms with E-state index in [-0.39, 0.29) is 11.6 Å². The number of carboxylic acid groups (broad SMARTS) is 1. The van der Waals surface area contributed by atoms with Gasteiger partial charge in [0.15, 0.2) is 0 Å². The number of amides is 1. The number of rotatable bonds is 3. The van der Waals surface area contributed by atoms with Gasteiger partial charge in [0.1, 0.15) is 6.04 Å².